The Kier molecular flexibility index (Phi) is 7.14. The second-order valence-corrected chi connectivity index (χ2v) is 9.34. The number of rotatable bonds is 5. The number of nitrogens with one attached hydrogen (secondary N) is 2. The molecule has 7 nitrogen and oxygen atoms in total. The molecule has 1 aliphatic heterocycles. The third kappa shape index (κ3) is 5.40. The lowest BCUT2D eigenvalue weighted by molar-refractivity contribution is -0.117. The Hall–Kier alpha value is -2.39. The van der Waals surface area contributed by atoms with Gasteiger partial charge in [-0.2, -0.15) is 4.31 Å². The van der Waals surface area contributed by atoms with E-state index in [4.69, 9.17) is 23.2 Å². The van der Waals surface area contributed by atoms with E-state index in [9.17, 15) is 18.0 Å². The van der Waals surface area contributed by atoms with Crippen molar-refractivity contribution in [3.63, 3.8) is 0 Å². The van der Waals surface area contributed by atoms with E-state index < -0.39 is 21.8 Å². The molecule has 0 atom stereocenters. The average molecular weight is 468 g/mol. The fourth-order valence-electron chi connectivity index (χ4n) is 2.88. The number of halogens is 2. The Morgan fingerprint density at radius 2 is 1.60 bits per heavy atom. The first-order chi connectivity index (χ1) is 14.3. The van der Waals surface area contributed by atoms with Gasteiger partial charge in [0, 0.05) is 24.7 Å². The van der Waals surface area contributed by atoms with Gasteiger partial charge < -0.3 is 0 Å². The Morgan fingerprint density at radius 3 is 2.23 bits per heavy atom. The molecule has 10 heteroatoms. The molecule has 1 heterocycles. The fraction of sp³-hybridized carbons (Fsp3) is 0.200. The van der Waals surface area contributed by atoms with Crippen LogP contribution in [0.3, 0.4) is 0 Å². The third-order valence-corrected chi connectivity index (χ3v) is 7.14. The van der Waals surface area contributed by atoms with E-state index in [0.717, 1.165) is 12.8 Å². The largest absolute Gasteiger partial charge is 0.269 e. The van der Waals surface area contributed by atoms with E-state index in [1.165, 1.54) is 40.7 Å². The summed E-state index contributed by atoms with van der Waals surface area (Å²) in [5, 5.41) is 0.771. The van der Waals surface area contributed by atoms with Gasteiger partial charge in [0.2, 0.25) is 10.0 Å². The summed E-state index contributed by atoms with van der Waals surface area (Å²) in [4.78, 5) is 24.2. The summed E-state index contributed by atoms with van der Waals surface area (Å²) in [7, 11) is -3.54. The highest BCUT2D eigenvalue weighted by Gasteiger charge is 2.27. The van der Waals surface area contributed by atoms with Crippen LogP contribution in [0.15, 0.2) is 53.4 Å². The lowest BCUT2D eigenvalue weighted by Crippen LogP contribution is -2.40. The monoisotopic (exact) mass is 467 g/mol. The summed E-state index contributed by atoms with van der Waals surface area (Å²) in [6, 6.07) is 10.5. The molecule has 158 valence electrons. The van der Waals surface area contributed by atoms with E-state index in [1.807, 2.05) is 0 Å². The molecular formula is C20H19Cl2N3O4S. The van der Waals surface area contributed by atoms with Crippen molar-refractivity contribution in [1.82, 2.24) is 15.2 Å². The fourth-order valence-corrected chi connectivity index (χ4v) is 4.70. The van der Waals surface area contributed by atoms with Gasteiger partial charge in [0.1, 0.15) is 0 Å². The highest BCUT2D eigenvalue weighted by Crippen LogP contribution is 2.23. The van der Waals surface area contributed by atoms with Crippen molar-refractivity contribution in [2.45, 2.75) is 17.7 Å². The molecule has 3 rings (SSSR count). The van der Waals surface area contributed by atoms with Gasteiger partial charge in [0.25, 0.3) is 11.8 Å². The summed E-state index contributed by atoms with van der Waals surface area (Å²) in [5.74, 6) is -1.13. The molecule has 1 saturated heterocycles. The lowest BCUT2D eigenvalue weighted by atomic mass is 10.2. The number of hydrazine groups is 1. The molecule has 2 aromatic carbocycles. The van der Waals surface area contributed by atoms with E-state index in [-0.39, 0.29) is 10.5 Å². The number of amides is 2. The zero-order valence-corrected chi connectivity index (χ0v) is 18.1. The van der Waals surface area contributed by atoms with Crippen molar-refractivity contribution in [1.29, 1.82) is 0 Å². The normalized spacial score (nSPS) is 14.7. The van der Waals surface area contributed by atoms with Gasteiger partial charge in [-0.15, -0.1) is 0 Å². The van der Waals surface area contributed by atoms with Crippen LogP contribution < -0.4 is 10.9 Å². The minimum absolute atomic E-state index is 0.134. The molecule has 30 heavy (non-hydrogen) atoms. The number of benzene rings is 2. The van der Waals surface area contributed by atoms with Crippen molar-refractivity contribution in [2.75, 3.05) is 13.1 Å². The van der Waals surface area contributed by atoms with Crippen molar-refractivity contribution in [3.05, 3.63) is 69.7 Å². The number of hydrogen-bond donors (Lipinski definition) is 2. The Bertz CT molecular complexity index is 1080. The van der Waals surface area contributed by atoms with Gasteiger partial charge >= 0.3 is 0 Å². The molecule has 2 aromatic rings. The number of nitrogens with zero attached hydrogens (tertiary/aromatic N) is 1. The summed E-state index contributed by atoms with van der Waals surface area (Å²) in [6.07, 6.45) is 4.44. The van der Waals surface area contributed by atoms with Crippen LogP contribution in [0.2, 0.25) is 10.0 Å². The van der Waals surface area contributed by atoms with Gasteiger partial charge in [0.05, 0.1) is 14.9 Å². The van der Waals surface area contributed by atoms with Gasteiger partial charge in [-0.3, -0.25) is 20.4 Å². The van der Waals surface area contributed by atoms with Crippen molar-refractivity contribution >= 4 is 51.1 Å². The topological polar surface area (TPSA) is 95.6 Å². The maximum atomic E-state index is 12.5. The second kappa shape index (κ2) is 9.61. The molecule has 0 radical (unpaired) electrons. The molecule has 1 aliphatic rings. The smallest absolute Gasteiger partial charge is 0.268 e. The molecule has 0 saturated carbocycles. The number of carbonyl (C=O) groups excluding carboxylic acids is 2. The van der Waals surface area contributed by atoms with Crippen LogP contribution in [0.25, 0.3) is 6.08 Å². The van der Waals surface area contributed by atoms with Crippen molar-refractivity contribution in [2.24, 2.45) is 0 Å². The quantitative estimate of drug-likeness (QED) is 0.520. The zero-order valence-electron chi connectivity index (χ0n) is 15.8. The van der Waals surface area contributed by atoms with Gasteiger partial charge in [-0.25, -0.2) is 8.42 Å². The SMILES string of the molecule is O=C(/C=C/c1ccc(Cl)c(Cl)c1)NNC(=O)c1ccc(S(=O)(=O)N2CCCC2)cc1. The first-order valence-electron chi connectivity index (χ1n) is 9.11. The van der Waals surface area contributed by atoms with Crippen LogP contribution in [0.5, 0.6) is 0 Å². The Labute approximate surface area is 184 Å². The maximum absolute atomic E-state index is 12.5. The molecule has 0 unspecified atom stereocenters. The summed E-state index contributed by atoms with van der Waals surface area (Å²) in [6.45, 7) is 1.01. The van der Waals surface area contributed by atoms with Crippen LogP contribution in [0.1, 0.15) is 28.8 Å². The molecule has 0 aromatic heterocycles. The van der Waals surface area contributed by atoms with Crippen molar-refractivity contribution in [3.8, 4) is 0 Å². The van der Waals surface area contributed by atoms with Gasteiger partial charge in [-0.1, -0.05) is 29.3 Å². The number of hydrogen-bond acceptors (Lipinski definition) is 4. The standard InChI is InChI=1S/C20H19Cl2N3O4S/c21-17-9-3-14(13-18(17)22)4-10-19(26)23-24-20(27)15-5-7-16(8-6-15)30(28,29)25-11-1-2-12-25/h3-10,13H,1-2,11-12H2,(H,23,26)(H,24,27)/b10-4+. The highest BCUT2D eigenvalue weighted by molar-refractivity contribution is 7.89. The van der Waals surface area contributed by atoms with E-state index >= 15 is 0 Å². The lowest BCUT2D eigenvalue weighted by Gasteiger charge is -2.15. The molecule has 0 bridgehead atoms. The summed E-state index contributed by atoms with van der Waals surface area (Å²) < 4.78 is 26.4. The zero-order chi connectivity index (χ0) is 21.7. The average Bonchev–Trinajstić information content (AvgIpc) is 3.29. The molecular weight excluding hydrogens is 449 g/mol. The minimum Gasteiger partial charge on any atom is -0.268 e. The molecule has 2 N–H and O–H groups in total. The molecule has 1 fully saturated rings. The second-order valence-electron chi connectivity index (χ2n) is 6.59. The van der Waals surface area contributed by atoms with Gasteiger partial charge in [0.15, 0.2) is 0 Å². The summed E-state index contributed by atoms with van der Waals surface area (Å²) >= 11 is 11.7. The van der Waals surface area contributed by atoms with E-state index in [2.05, 4.69) is 10.9 Å². The Balaban J connectivity index is 1.56. The minimum atomic E-state index is -3.54. The molecule has 0 aliphatic carbocycles. The van der Waals surface area contributed by atoms with Crippen LogP contribution >= 0.6 is 23.2 Å². The van der Waals surface area contributed by atoms with Crippen LogP contribution in [0.4, 0.5) is 0 Å². The van der Waals surface area contributed by atoms with E-state index in [1.54, 1.807) is 18.2 Å². The first kappa shape index (κ1) is 22.3. The first-order valence-corrected chi connectivity index (χ1v) is 11.3. The predicted octanol–water partition coefficient (Wildman–Crippen LogP) is 3.25. The summed E-state index contributed by atoms with van der Waals surface area (Å²) in [5.41, 5.74) is 5.41. The van der Waals surface area contributed by atoms with Crippen LogP contribution in [-0.4, -0.2) is 37.6 Å². The highest BCUT2D eigenvalue weighted by atomic mass is 35.5. The third-order valence-electron chi connectivity index (χ3n) is 4.49. The predicted molar refractivity (Wildman–Crippen MR) is 116 cm³/mol. The van der Waals surface area contributed by atoms with E-state index in [0.29, 0.717) is 28.7 Å². The number of carbonyl (C=O) groups is 2. The van der Waals surface area contributed by atoms with Crippen molar-refractivity contribution < 1.29 is 18.0 Å². The van der Waals surface area contributed by atoms with Gasteiger partial charge in [-0.05, 0) is 60.9 Å². The number of sulfonamides is 1. The molecule has 2 amide bonds. The molecule has 0 spiro atoms. The van der Waals surface area contributed by atoms with Crippen LogP contribution in [-0.2, 0) is 14.8 Å². The Morgan fingerprint density at radius 1 is 0.933 bits per heavy atom. The van der Waals surface area contributed by atoms with Crippen LogP contribution in [0, 0.1) is 0 Å². The maximum Gasteiger partial charge on any atom is 0.269 e.